The quantitative estimate of drug-likeness (QED) is 0.667. The largest absolute Gasteiger partial charge is 0.334 e. The van der Waals surface area contributed by atoms with E-state index >= 15 is 0 Å². The molecule has 4 rings (SSSR count). The van der Waals surface area contributed by atoms with Crippen molar-refractivity contribution in [3.63, 3.8) is 0 Å². The molecule has 0 saturated heterocycles. The molecule has 0 atom stereocenters. The Morgan fingerprint density at radius 2 is 1.73 bits per heavy atom. The lowest BCUT2D eigenvalue weighted by Crippen LogP contribution is -2.36. The second-order valence-corrected chi connectivity index (χ2v) is 6.98. The van der Waals surface area contributed by atoms with Crippen molar-refractivity contribution < 1.29 is 4.79 Å². The Balaban J connectivity index is 1.54. The highest BCUT2D eigenvalue weighted by Gasteiger charge is 2.25. The minimum atomic E-state index is 0.0583. The van der Waals surface area contributed by atoms with Crippen LogP contribution in [0.1, 0.15) is 35.2 Å². The number of para-hydroxylation sites is 1. The molecule has 26 heavy (non-hydrogen) atoms. The summed E-state index contributed by atoms with van der Waals surface area (Å²) >= 11 is 0. The Bertz CT molecular complexity index is 853. The number of hydrogen-bond donors (Lipinski definition) is 0. The van der Waals surface area contributed by atoms with Crippen LogP contribution in [0.25, 0.3) is 5.69 Å². The number of amides is 1. The van der Waals surface area contributed by atoms with Gasteiger partial charge in [-0.3, -0.25) is 4.79 Å². The number of nitrogens with zero attached hydrogens (tertiary/aromatic N) is 3. The van der Waals surface area contributed by atoms with Crippen molar-refractivity contribution in [2.75, 3.05) is 6.54 Å². The molecule has 4 nitrogen and oxygen atoms in total. The number of carbonyl (C=O) groups excluding carboxylic acids is 1. The molecule has 3 aromatic rings. The highest BCUT2D eigenvalue weighted by atomic mass is 16.2. The summed E-state index contributed by atoms with van der Waals surface area (Å²) in [5.41, 5.74) is 2.76. The monoisotopic (exact) mass is 345 g/mol. The van der Waals surface area contributed by atoms with E-state index in [-0.39, 0.29) is 5.91 Å². The summed E-state index contributed by atoms with van der Waals surface area (Å²) in [6.07, 6.45) is 7.23. The van der Waals surface area contributed by atoms with Gasteiger partial charge in [0.2, 0.25) is 0 Å². The molecule has 0 aliphatic heterocycles. The SMILES string of the molecule is O=C(c1cnn(-c2ccccc2)c1)N(Cc1ccccc1)CC1CCC1. The molecular formula is C22H23N3O. The molecule has 4 heteroatoms. The zero-order valence-corrected chi connectivity index (χ0v) is 14.8. The summed E-state index contributed by atoms with van der Waals surface area (Å²) in [7, 11) is 0. The van der Waals surface area contributed by atoms with E-state index in [0.29, 0.717) is 18.0 Å². The zero-order valence-electron chi connectivity index (χ0n) is 14.8. The molecule has 1 fully saturated rings. The van der Waals surface area contributed by atoms with Gasteiger partial charge in [0.1, 0.15) is 0 Å². The van der Waals surface area contributed by atoms with E-state index in [2.05, 4.69) is 17.2 Å². The van der Waals surface area contributed by atoms with Crippen LogP contribution in [0, 0.1) is 5.92 Å². The highest BCUT2D eigenvalue weighted by molar-refractivity contribution is 5.93. The van der Waals surface area contributed by atoms with Gasteiger partial charge in [-0.15, -0.1) is 0 Å². The summed E-state index contributed by atoms with van der Waals surface area (Å²) in [5, 5.41) is 4.38. The van der Waals surface area contributed by atoms with Gasteiger partial charge in [0.05, 0.1) is 17.4 Å². The lowest BCUT2D eigenvalue weighted by Gasteiger charge is -2.32. The summed E-state index contributed by atoms with van der Waals surface area (Å²) in [4.78, 5) is 15.1. The molecule has 0 unspecified atom stereocenters. The number of carbonyl (C=O) groups is 1. The highest BCUT2D eigenvalue weighted by Crippen LogP contribution is 2.28. The predicted octanol–water partition coefficient (Wildman–Crippen LogP) is 4.31. The molecule has 1 aliphatic carbocycles. The molecular weight excluding hydrogens is 322 g/mol. The maximum atomic E-state index is 13.1. The lowest BCUT2D eigenvalue weighted by molar-refractivity contribution is 0.0679. The fourth-order valence-corrected chi connectivity index (χ4v) is 3.35. The number of rotatable bonds is 6. The number of hydrogen-bond acceptors (Lipinski definition) is 2. The van der Waals surface area contributed by atoms with Gasteiger partial charge in [0.25, 0.3) is 5.91 Å². The van der Waals surface area contributed by atoms with Crippen molar-refractivity contribution in [2.45, 2.75) is 25.8 Å². The van der Waals surface area contributed by atoms with Crippen molar-refractivity contribution in [1.82, 2.24) is 14.7 Å². The van der Waals surface area contributed by atoms with Crippen LogP contribution in [0.3, 0.4) is 0 Å². The second-order valence-electron chi connectivity index (χ2n) is 6.98. The zero-order chi connectivity index (χ0) is 17.8. The molecule has 2 aromatic carbocycles. The van der Waals surface area contributed by atoms with Crippen molar-refractivity contribution in [3.8, 4) is 5.69 Å². The smallest absolute Gasteiger partial charge is 0.257 e. The van der Waals surface area contributed by atoms with E-state index in [1.54, 1.807) is 10.9 Å². The van der Waals surface area contributed by atoms with Gasteiger partial charge in [-0.25, -0.2) is 4.68 Å². The minimum Gasteiger partial charge on any atom is -0.334 e. The van der Waals surface area contributed by atoms with Gasteiger partial charge < -0.3 is 4.90 Å². The molecule has 1 heterocycles. The van der Waals surface area contributed by atoms with E-state index < -0.39 is 0 Å². The van der Waals surface area contributed by atoms with E-state index in [1.165, 1.54) is 19.3 Å². The molecule has 132 valence electrons. The summed E-state index contributed by atoms with van der Waals surface area (Å²) in [6.45, 7) is 1.47. The Kier molecular flexibility index (Phi) is 4.82. The standard InChI is InChI=1S/C22H23N3O/c26-22(20-14-23-25(17-20)21-12-5-2-6-13-21)24(16-19-10-7-11-19)15-18-8-3-1-4-9-18/h1-6,8-9,12-14,17,19H,7,10-11,15-16H2. The van der Waals surface area contributed by atoms with Crippen LogP contribution < -0.4 is 0 Å². The van der Waals surface area contributed by atoms with Gasteiger partial charge in [0, 0.05) is 19.3 Å². The molecule has 0 N–H and O–H groups in total. The van der Waals surface area contributed by atoms with Crippen LogP contribution in [0.5, 0.6) is 0 Å². The molecule has 1 aromatic heterocycles. The van der Waals surface area contributed by atoms with Crippen LogP contribution in [0.4, 0.5) is 0 Å². The third-order valence-electron chi connectivity index (χ3n) is 5.06. The summed E-state index contributed by atoms with van der Waals surface area (Å²) in [5.74, 6) is 0.690. The third kappa shape index (κ3) is 3.69. The van der Waals surface area contributed by atoms with Crippen molar-refractivity contribution >= 4 is 5.91 Å². The number of benzene rings is 2. The van der Waals surface area contributed by atoms with Gasteiger partial charge in [-0.05, 0) is 36.5 Å². The second kappa shape index (κ2) is 7.56. The average Bonchev–Trinajstić information content (AvgIpc) is 3.15. The van der Waals surface area contributed by atoms with Crippen LogP contribution in [0.15, 0.2) is 73.1 Å². The molecule has 0 radical (unpaired) electrons. The average molecular weight is 345 g/mol. The fourth-order valence-electron chi connectivity index (χ4n) is 3.35. The molecule has 0 spiro atoms. The van der Waals surface area contributed by atoms with Crippen LogP contribution in [0.2, 0.25) is 0 Å². The molecule has 1 saturated carbocycles. The van der Waals surface area contributed by atoms with Crippen LogP contribution in [-0.4, -0.2) is 27.1 Å². The van der Waals surface area contributed by atoms with E-state index in [0.717, 1.165) is 17.8 Å². The fraction of sp³-hybridized carbons (Fsp3) is 0.273. The first-order valence-electron chi connectivity index (χ1n) is 9.23. The minimum absolute atomic E-state index is 0.0583. The normalized spacial score (nSPS) is 14.0. The topological polar surface area (TPSA) is 38.1 Å². The van der Waals surface area contributed by atoms with Crippen molar-refractivity contribution in [1.29, 1.82) is 0 Å². The molecule has 0 bridgehead atoms. The third-order valence-corrected chi connectivity index (χ3v) is 5.06. The summed E-state index contributed by atoms with van der Waals surface area (Å²) in [6, 6.07) is 20.1. The first-order valence-corrected chi connectivity index (χ1v) is 9.23. The first-order chi connectivity index (χ1) is 12.8. The first kappa shape index (κ1) is 16.6. The maximum absolute atomic E-state index is 13.1. The van der Waals surface area contributed by atoms with Crippen LogP contribution >= 0.6 is 0 Å². The lowest BCUT2D eigenvalue weighted by atomic mass is 9.85. The Hall–Kier alpha value is -2.88. The van der Waals surface area contributed by atoms with Gasteiger partial charge in [-0.2, -0.15) is 5.10 Å². The molecule has 1 aliphatic rings. The Labute approximate surface area is 154 Å². The van der Waals surface area contributed by atoms with Gasteiger partial charge >= 0.3 is 0 Å². The van der Waals surface area contributed by atoms with Crippen molar-refractivity contribution in [3.05, 3.63) is 84.2 Å². The summed E-state index contributed by atoms with van der Waals surface area (Å²) < 4.78 is 1.76. The van der Waals surface area contributed by atoms with E-state index in [9.17, 15) is 4.79 Å². The van der Waals surface area contributed by atoms with Crippen molar-refractivity contribution in [2.24, 2.45) is 5.92 Å². The van der Waals surface area contributed by atoms with E-state index in [1.807, 2.05) is 59.6 Å². The Morgan fingerprint density at radius 3 is 2.38 bits per heavy atom. The van der Waals surface area contributed by atoms with Gasteiger partial charge in [0.15, 0.2) is 0 Å². The maximum Gasteiger partial charge on any atom is 0.257 e. The van der Waals surface area contributed by atoms with E-state index in [4.69, 9.17) is 0 Å². The Morgan fingerprint density at radius 1 is 1.04 bits per heavy atom. The van der Waals surface area contributed by atoms with Crippen LogP contribution in [-0.2, 0) is 6.54 Å². The number of aromatic nitrogens is 2. The van der Waals surface area contributed by atoms with Gasteiger partial charge in [-0.1, -0.05) is 55.0 Å². The predicted molar refractivity (Wildman–Crippen MR) is 102 cm³/mol. The molecule has 1 amide bonds.